The molecule has 0 unspecified atom stereocenters. The Morgan fingerprint density at radius 2 is 1.89 bits per heavy atom. The molecule has 3 rings (SSSR count). The van der Waals surface area contributed by atoms with Crippen molar-refractivity contribution in [3.8, 4) is 0 Å². The summed E-state index contributed by atoms with van der Waals surface area (Å²) in [6.07, 6.45) is 0.751. The normalized spacial score (nSPS) is 10.8. The van der Waals surface area contributed by atoms with Gasteiger partial charge < -0.3 is 15.5 Å². The Hall–Kier alpha value is -3.01. The lowest BCUT2D eigenvalue weighted by Gasteiger charge is -2.13. The number of carbonyl (C=O) groups excluding carboxylic acids is 2. The average molecular weight is 387 g/mol. The van der Waals surface area contributed by atoms with E-state index in [1.54, 1.807) is 4.52 Å². The molecule has 0 radical (unpaired) electrons. The molecule has 0 fully saturated rings. The maximum atomic E-state index is 12.0. The van der Waals surface area contributed by atoms with Crippen molar-refractivity contribution in [2.24, 2.45) is 0 Å². The van der Waals surface area contributed by atoms with Crippen LogP contribution in [0.5, 0.6) is 0 Å². The summed E-state index contributed by atoms with van der Waals surface area (Å²) >= 11 is 1.40. The van der Waals surface area contributed by atoms with Crippen molar-refractivity contribution in [2.45, 2.75) is 19.8 Å². The van der Waals surface area contributed by atoms with E-state index in [9.17, 15) is 9.59 Å². The third kappa shape index (κ3) is 4.79. The van der Waals surface area contributed by atoms with Crippen molar-refractivity contribution in [3.63, 3.8) is 0 Å². The summed E-state index contributed by atoms with van der Waals surface area (Å²) in [5, 5.41) is 18.5. The number of aromatic nitrogens is 4. The molecule has 0 saturated heterocycles. The molecule has 0 atom stereocenters. The Morgan fingerprint density at radius 3 is 2.56 bits per heavy atom. The summed E-state index contributed by atoms with van der Waals surface area (Å²) in [4.78, 5) is 26.6. The lowest BCUT2D eigenvalue weighted by atomic mass is 10.2. The number of benzene rings is 1. The molecule has 2 heterocycles. The molecule has 0 aliphatic heterocycles. The summed E-state index contributed by atoms with van der Waals surface area (Å²) in [6, 6.07) is 7.47. The van der Waals surface area contributed by atoms with Gasteiger partial charge in [0.1, 0.15) is 5.01 Å². The van der Waals surface area contributed by atoms with E-state index < -0.39 is 0 Å². The van der Waals surface area contributed by atoms with Gasteiger partial charge in [-0.25, -0.2) is 0 Å². The number of anilines is 2. The molecular formula is C17H21N7O2S. The van der Waals surface area contributed by atoms with Crippen molar-refractivity contribution in [2.75, 3.05) is 30.9 Å². The molecule has 0 bridgehead atoms. The Labute approximate surface area is 160 Å². The van der Waals surface area contributed by atoms with Crippen molar-refractivity contribution in [1.29, 1.82) is 0 Å². The van der Waals surface area contributed by atoms with E-state index in [0.29, 0.717) is 22.9 Å². The van der Waals surface area contributed by atoms with E-state index in [0.717, 1.165) is 10.7 Å². The van der Waals surface area contributed by atoms with Crippen LogP contribution in [0.25, 0.3) is 4.96 Å². The first-order chi connectivity index (χ1) is 12.9. The molecule has 0 spiro atoms. The quantitative estimate of drug-likeness (QED) is 0.632. The Balaban J connectivity index is 1.42. The number of nitrogens with one attached hydrogen (secondary N) is 2. The van der Waals surface area contributed by atoms with Gasteiger partial charge in [-0.15, -0.1) is 10.2 Å². The van der Waals surface area contributed by atoms with E-state index in [2.05, 4.69) is 25.9 Å². The third-order valence-electron chi connectivity index (χ3n) is 3.87. The van der Waals surface area contributed by atoms with Crippen LogP contribution in [0, 0.1) is 6.92 Å². The maximum Gasteiger partial charge on any atom is 0.243 e. The van der Waals surface area contributed by atoms with Gasteiger partial charge >= 0.3 is 0 Å². The minimum Gasteiger partial charge on any atom is -0.378 e. The highest BCUT2D eigenvalue weighted by Crippen LogP contribution is 2.16. The maximum absolute atomic E-state index is 12.0. The van der Waals surface area contributed by atoms with Crippen LogP contribution in [0.1, 0.15) is 17.3 Å². The number of carbonyl (C=O) groups is 2. The van der Waals surface area contributed by atoms with Gasteiger partial charge in [0.25, 0.3) is 0 Å². The van der Waals surface area contributed by atoms with Crippen LogP contribution < -0.4 is 15.5 Å². The van der Waals surface area contributed by atoms with Crippen LogP contribution >= 0.6 is 11.3 Å². The van der Waals surface area contributed by atoms with Gasteiger partial charge in [-0.05, 0) is 31.2 Å². The van der Waals surface area contributed by atoms with E-state index >= 15 is 0 Å². The highest BCUT2D eigenvalue weighted by atomic mass is 32.1. The molecule has 27 heavy (non-hydrogen) atoms. The topological polar surface area (TPSA) is 105 Å². The fourth-order valence-electron chi connectivity index (χ4n) is 2.39. The molecule has 1 aromatic carbocycles. The fraction of sp³-hybridized carbons (Fsp3) is 0.353. The molecule has 0 aliphatic rings. The summed E-state index contributed by atoms with van der Waals surface area (Å²) in [6.45, 7) is 1.75. The van der Waals surface area contributed by atoms with Gasteiger partial charge in [0.15, 0.2) is 5.82 Å². The number of amides is 2. The van der Waals surface area contributed by atoms with Gasteiger partial charge in [-0.3, -0.25) is 9.59 Å². The highest BCUT2D eigenvalue weighted by molar-refractivity contribution is 7.16. The van der Waals surface area contributed by atoms with Gasteiger partial charge in [-0.2, -0.15) is 9.61 Å². The van der Waals surface area contributed by atoms with Crippen molar-refractivity contribution in [1.82, 2.24) is 25.1 Å². The van der Waals surface area contributed by atoms with E-state index in [-0.39, 0.29) is 24.8 Å². The molecule has 2 amide bonds. The van der Waals surface area contributed by atoms with Crippen LogP contribution in [0.3, 0.4) is 0 Å². The lowest BCUT2D eigenvalue weighted by molar-refractivity contribution is -0.124. The van der Waals surface area contributed by atoms with E-state index in [4.69, 9.17) is 0 Å². The zero-order chi connectivity index (χ0) is 19.4. The predicted octanol–water partition coefficient (Wildman–Crippen LogP) is 1.25. The molecule has 0 saturated carbocycles. The van der Waals surface area contributed by atoms with Crippen molar-refractivity contribution in [3.05, 3.63) is 35.1 Å². The second kappa shape index (κ2) is 8.12. The standard InChI is InChI=1S/C17H21N7O2S/c1-11-20-21-17-24(11)22-16(27-17)9-8-14(25)18-10-15(26)19-12-4-6-13(7-5-12)23(2)3/h4-7H,8-10H2,1-3H3,(H,18,25)(H,19,26). The summed E-state index contributed by atoms with van der Waals surface area (Å²) < 4.78 is 1.66. The first-order valence-corrected chi connectivity index (χ1v) is 9.25. The third-order valence-corrected chi connectivity index (χ3v) is 4.83. The molecule has 2 aromatic heterocycles. The van der Waals surface area contributed by atoms with Crippen molar-refractivity contribution < 1.29 is 9.59 Å². The molecule has 3 aromatic rings. The number of hydrogen-bond donors (Lipinski definition) is 2. The van der Waals surface area contributed by atoms with Gasteiger partial charge in [0.2, 0.25) is 16.8 Å². The second-order valence-electron chi connectivity index (χ2n) is 6.20. The van der Waals surface area contributed by atoms with Gasteiger partial charge in [-0.1, -0.05) is 11.3 Å². The highest BCUT2D eigenvalue weighted by Gasteiger charge is 2.11. The molecular weight excluding hydrogens is 366 g/mol. The molecule has 142 valence electrons. The molecule has 2 N–H and O–H groups in total. The zero-order valence-electron chi connectivity index (χ0n) is 15.4. The smallest absolute Gasteiger partial charge is 0.243 e. The molecule has 0 aliphatic carbocycles. The Bertz CT molecular complexity index is 946. The summed E-state index contributed by atoms with van der Waals surface area (Å²) in [5.74, 6) is 0.249. The van der Waals surface area contributed by atoms with Crippen LogP contribution in [0.15, 0.2) is 24.3 Å². The molecule has 9 nitrogen and oxygen atoms in total. The first-order valence-electron chi connectivity index (χ1n) is 8.44. The number of hydrogen-bond acceptors (Lipinski definition) is 7. The lowest BCUT2D eigenvalue weighted by Crippen LogP contribution is -2.32. The number of fused-ring (bicyclic) bond motifs is 1. The van der Waals surface area contributed by atoms with Crippen LogP contribution in [0.2, 0.25) is 0 Å². The predicted molar refractivity (Wildman–Crippen MR) is 104 cm³/mol. The SMILES string of the molecule is Cc1nnc2sc(CCC(=O)NCC(=O)Nc3ccc(N(C)C)cc3)nn12. The zero-order valence-corrected chi connectivity index (χ0v) is 16.2. The molecule has 10 heteroatoms. The second-order valence-corrected chi connectivity index (χ2v) is 7.24. The number of rotatable bonds is 7. The number of nitrogens with zero attached hydrogens (tertiary/aromatic N) is 5. The Kier molecular flexibility index (Phi) is 5.65. The van der Waals surface area contributed by atoms with Crippen LogP contribution in [0.4, 0.5) is 11.4 Å². The largest absolute Gasteiger partial charge is 0.378 e. The minimum absolute atomic E-state index is 0.0709. The first kappa shape index (κ1) is 18.8. The van der Waals surface area contributed by atoms with E-state index in [1.807, 2.05) is 50.2 Å². The monoisotopic (exact) mass is 387 g/mol. The number of aryl methyl sites for hydroxylation is 2. The summed E-state index contributed by atoms with van der Waals surface area (Å²) in [7, 11) is 3.90. The minimum atomic E-state index is -0.268. The van der Waals surface area contributed by atoms with Gasteiger partial charge in [0, 0.05) is 38.3 Å². The fourth-order valence-corrected chi connectivity index (χ4v) is 3.27. The summed E-state index contributed by atoms with van der Waals surface area (Å²) in [5.41, 5.74) is 1.73. The van der Waals surface area contributed by atoms with Crippen molar-refractivity contribution >= 4 is 39.5 Å². The van der Waals surface area contributed by atoms with E-state index in [1.165, 1.54) is 11.3 Å². The Morgan fingerprint density at radius 1 is 1.15 bits per heavy atom. The van der Waals surface area contributed by atoms with Crippen LogP contribution in [-0.4, -0.2) is 52.3 Å². The van der Waals surface area contributed by atoms with Gasteiger partial charge in [0.05, 0.1) is 6.54 Å². The average Bonchev–Trinajstić information content (AvgIpc) is 3.20. The van der Waals surface area contributed by atoms with Crippen LogP contribution in [-0.2, 0) is 16.0 Å².